The summed E-state index contributed by atoms with van der Waals surface area (Å²) in [4.78, 5) is 20.9. The van der Waals surface area contributed by atoms with E-state index in [4.69, 9.17) is 0 Å². The second kappa shape index (κ2) is 6.75. The van der Waals surface area contributed by atoms with E-state index < -0.39 is 0 Å². The summed E-state index contributed by atoms with van der Waals surface area (Å²) in [7, 11) is 5.21. The Balaban J connectivity index is 0.000000921. The number of hydrogen-bond acceptors (Lipinski definition) is 4. The van der Waals surface area contributed by atoms with Crippen molar-refractivity contribution in [2.45, 2.75) is 13.8 Å². The Bertz CT molecular complexity index is 312. The molecule has 0 aromatic carbocycles. The maximum absolute atomic E-state index is 11.2. The number of nitrogens with zero attached hydrogens (tertiary/aromatic N) is 3. The van der Waals surface area contributed by atoms with Gasteiger partial charge in [0.15, 0.2) is 0 Å². The van der Waals surface area contributed by atoms with Gasteiger partial charge in [0.2, 0.25) is 5.95 Å². The van der Waals surface area contributed by atoms with Gasteiger partial charge in [-0.25, -0.2) is 9.97 Å². The number of hydrogen-bond donors (Lipinski definition) is 1. The van der Waals surface area contributed by atoms with Gasteiger partial charge >= 0.3 is 0 Å². The fourth-order valence-corrected chi connectivity index (χ4v) is 0.818. The largest absolute Gasteiger partial charge is 0.354 e. The molecule has 1 aromatic heterocycles. The molecule has 0 aliphatic heterocycles. The number of anilines is 1. The lowest BCUT2D eigenvalue weighted by Crippen LogP contribution is -2.21. The highest BCUT2D eigenvalue weighted by Gasteiger charge is 2.06. The third-order valence-corrected chi connectivity index (χ3v) is 1.50. The normalized spacial score (nSPS) is 8.60. The van der Waals surface area contributed by atoms with E-state index in [9.17, 15) is 4.79 Å². The van der Waals surface area contributed by atoms with Crippen molar-refractivity contribution in [3.63, 3.8) is 0 Å². The minimum Gasteiger partial charge on any atom is -0.354 e. The van der Waals surface area contributed by atoms with E-state index in [1.165, 1.54) is 0 Å². The Kier molecular flexibility index (Phi) is 6.01. The summed E-state index contributed by atoms with van der Waals surface area (Å²) in [6, 6.07) is 1.58. The highest BCUT2D eigenvalue weighted by atomic mass is 16.1. The molecule has 0 unspecified atom stereocenters. The Morgan fingerprint density at radius 3 is 2.47 bits per heavy atom. The van der Waals surface area contributed by atoms with Crippen LogP contribution in [0.15, 0.2) is 12.3 Å². The molecule has 84 valence electrons. The number of amides is 1. The van der Waals surface area contributed by atoms with E-state index in [1.807, 2.05) is 27.9 Å². The van der Waals surface area contributed by atoms with Crippen LogP contribution in [0.4, 0.5) is 5.95 Å². The molecule has 1 heterocycles. The van der Waals surface area contributed by atoms with Crippen molar-refractivity contribution in [1.29, 1.82) is 0 Å². The van der Waals surface area contributed by atoms with Gasteiger partial charge in [0.05, 0.1) is 0 Å². The number of rotatable bonds is 2. The lowest BCUT2D eigenvalue weighted by molar-refractivity contribution is 0.0958. The molecular weight excluding hydrogens is 192 g/mol. The molecule has 0 saturated heterocycles. The van der Waals surface area contributed by atoms with E-state index in [0.29, 0.717) is 11.6 Å². The topological polar surface area (TPSA) is 58.1 Å². The fourth-order valence-electron chi connectivity index (χ4n) is 0.818. The quantitative estimate of drug-likeness (QED) is 0.789. The molecule has 0 aliphatic carbocycles. The predicted molar refractivity (Wildman–Crippen MR) is 61.1 cm³/mol. The van der Waals surface area contributed by atoms with Crippen LogP contribution in [0.2, 0.25) is 0 Å². The lowest BCUT2D eigenvalue weighted by Gasteiger charge is -2.09. The first-order valence-corrected chi connectivity index (χ1v) is 4.87. The van der Waals surface area contributed by atoms with E-state index in [0.717, 1.165) is 0 Å². The van der Waals surface area contributed by atoms with Gasteiger partial charge in [-0.3, -0.25) is 4.79 Å². The zero-order valence-corrected chi connectivity index (χ0v) is 9.90. The zero-order valence-electron chi connectivity index (χ0n) is 9.90. The van der Waals surface area contributed by atoms with Gasteiger partial charge in [-0.1, -0.05) is 13.8 Å². The van der Waals surface area contributed by atoms with Gasteiger partial charge in [-0.2, -0.15) is 0 Å². The molecule has 15 heavy (non-hydrogen) atoms. The minimum absolute atomic E-state index is 0.203. The summed E-state index contributed by atoms with van der Waals surface area (Å²) in [6.45, 7) is 4.00. The Morgan fingerprint density at radius 1 is 1.40 bits per heavy atom. The summed E-state index contributed by atoms with van der Waals surface area (Å²) in [6.07, 6.45) is 1.56. The summed E-state index contributed by atoms with van der Waals surface area (Å²) >= 11 is 0. The van der Waals surface area contributed by atoms with E-state index in [2.05, 4.69) is 15.3 Å². The third-order valence-electron chi connectivity index (χ3n) is 1.50. The monoisotopic (exact) mass is 210 g/mol. The molecule has 1 aromatic rings. The first-order chi connectivity index (χ1) is 7.15. The smallest absolute Gasteiger partial charge is 0.269 e. The Morgan fingerprint density at radius 2 is 2.00 bits per heavy atom. The second-order valence-corrected chi connectivity index (χ2v) is 2.72. The van der Waals surface area contributed by atoms with Gasteiger partial charge < -0.3 is 10.2 Å². The van der Waals surface area contributed by atoms with Crippen LogP contribution in [0.3, 0.4) is 0 Å². The van der Waals surface area contributed by atoms with Gasteiger partial charge in [-0.05, 0) is 6.07 Å². The molecule has 1 amide bonds. The van der Waals surface area contributed by atoms with Crippen molar-refractivity contribution in [3.8, 4) is 0 Å². The third kappa shape index (κ3) is 3.93. The van der Waals surface area contributed by atoms with Crippen LogP contribution in [0.5, 0.6) is 0 Å². The minimum atomic E-state index is -0.203. The molecule has 0 atom stereocenters. The number of carbonyl (C=O) groups excluding carboxylic acids is 1. The molecule has 0 radical (unpaired) electrons. The first kappa shape index (κ1) is 13.4. The average molecular weight is 210 g/mol. The second-order valence-electron chi connectivity index (χ2n) is 2.72. The molecule has 0 spiro atoms. The Labute approximate surface area is 90.5 Å². The lowest BCUT2D eigenvalue weighted by atomic mass is 10.4. The van der Waals surface area contributed by atoms with Crippen molar-refractivity contribution < 1.29 is 4.79 Å². The van der Waals surface area contributed by atoms with Crippen molar-refractivity contribution in [3.05, 3.63) is 18.0 Å². The van der Waals surface area contributed by atoms with E-state index in [-0.39, 0.29) is 5.91 Å². The molecule has 0 bridgehead atoms. The highest BCUT2D eigenvalue weighted by molar-refractivity contribution is 5.92. The van der Waals surface area contributed by atoms with Crippen LogP contribution in [0, 0.1) is 0 Å². The van der Waals surface area contributed by atoms with Crippen LogP contribution in [-0.2, 0) is 0 Å². The zero-order chi connectivity index (χ0) is 11.8. The van der Waals surface area contributed by atoms with Gasteiger partial charge in [0.1, 0.15) is 5.69 Å². The van der Waals surface area contributed by atoms with Crippen LogP contribution in [0.25, 0.3) is 0 Å². The van der Waals surface area contributed by atoms with Crippen molar-refractivity contribution in [2.75, 3.05) is 26.0 Å². The SMILES string of the molecule is CC.CNC(=O)c1ccnc(N(C)C)n1. The maximum Gasteiger partial charge on any atom is 0.269 e. The average Bonchev–Trinajstić information content (AvgIpc) is 2.30. The van der Waals surface area contributed by atoms with Crippen molar-refractivity contribution >= 4 is 11.9 Å². The first-order valence-electron chi connectivity index (χ1n) is 4.87. The Hall–Kier alpha value is -1.65. The molecule has 1 N–H and O–H groups in total. The summed E-state index contributed by atoms with van der Waals surface area (Å²) in [5, 5.41) is 2.50. The van der Waals surface area contributed by atoms with Crippen LogP contribution in [0.1, 0.15) is 24.3 Å². The number of nitrogens with one attached hydrogen (secondary N) is 1. The van der Waals surface area contributed by atoms with Crippen LogP contribution in [-0.4, -0.2) is 37.0 Å². The predicted octanol–water partition coefficient (Wildman–Crippen LogP) is 0.928. The van der Waals surface area contributed by atoms with Crippen molar-refractivity contribution in [2.24, 2.45) is 0 Å². The molecule has 5 heteroatoms. The van der Waals surface area contributed by atoms with Gasteiger partial charge in [0, 0.05) is 27.3 Å². The van der Waals surface area contributed by atoms with Crippen LogP contribution < -0.4 is 10.2 Å². The summed E-state index contributed by atoms with van der Waals surface area (Å²) < 4.78 is 0. The van der Waals surface area contributed by atoms with Gasteiger partial charge in [-0.15, -0.1) is 0 Å². The molecule has 0 fully saturated rings. The summed E-state index contributed by atoms with van der Waals surface area (Å²) in [5.41, 5.74) is 0.376. The maximum atomic E-state index is 11.2. The molecular formula is C10H18N4O. The number of carbonyl (C=O) groups is 1. The highest BCUT2D eigenvalue weighted by Crippen LogP contribution is 2.02. The fraction of sp³-hybridized carbons (Fsp3) is 0.500. The molecule has 0 aliphatic rings. The van der Waals surface area contributed by atoms with Crippen LogP contribution >= 0.6 is 0 Å². The molecule has 1 rings (SSSR count). The van der Waals surface area contributed by atoms with Crippen molar-refractivity contribution in [1.82, 2.24) is 15.3 Å². The molecule has 5 nitrogen and oxygen atoms in total. The summed E-state index contributed by atoms with van der Waals surface area (Å²) in [5.74, 6) is 0.326. The number of aromatic nitrogens is 2. The van der Waals surface area contributed by atoms with E-state index >= 15 is 0 Å². The van der Waals surface area contributed by atoms with E-state index in [1.54, 1.807) is 24.2 Å². The van der Waals surface area contributed by atoms with Gasteiger partial charge in [0.25, 0.3) is 5.91 Å². The standard InChI is InChI=1S/C8H12N4O.C2H6/c1-9-7(13)6-4-5-10-8(11-6)12(2)3;1-2/h4-5H,1-3H3,(H,9,13);1-2H3. The molecule has 0 saturated carbocycles.